The highest BCUT2D eigenvalue weighted by Gasteiger charge is 2.41. The molecule has 2 heterocycles. The Balaban J connectivity index is 1.89. The molecule has 0 radical (unpaired) electrons. The van der Waals surface area contributed by atoms with Gasteiger partial charge in [0.2, 0.25) is 5.91 Å². The molecule has 2 aromatic rings. The number of nitrogens with zero attached hydrogens (tertiary/aromatic N) is 2. The van der Waals surface area contributed by atoms with Gasteiger partial charge >= 0.3 is 0 Å². The summed E-state index contributed by atoms with van der Waals surface area (Å²) in [5.74, 6) is -0.521. The molecular formula is C14H16N4O2. The van der Waals surface area contributed by atoms with Gasteiger partial charge in [-0.3, -0.25) is 14.7 Å². The molecule has 0 spiro atoms. The van der Waals surface area contributed by atoms with Crippen molar-refractivity contribution in [2.45, 2.75) is 13.3 Å². The molecule has 3 rings (SSSR count). The second kappa shape index (κ2) is 4.33. The number of aromatic amines is 1. The summed E-state index contributed by atoms with van der Waals surface area (Å²) in [6.45, 7) is 2.67. The zero-order valence-corrected chi connectivity index (χ0v) is 11.2. The number of fused-ring (bicyclic) bond motifs is 1. The van der Waals surface area contributed by atoms with Crippen LogP contribution in [-0.2, 0) is 4.79 Å². The van der Waals surface area contributed by atoms with Crippen LogP contribution >= 0.6 is 0 Å². The molecule has 104 valence electrons. The number of H-pyrrole nitrogens is 1. The lowest BCUT2D eigenvalue weighted by Gasteiger charge is -2.20. The largest absolute Gasteiger partial charge is 0.369 e. The molecule has 1 aliphatic heterocycles. The van der Waals surface area contributed by atoms with Gasteiger partial charge in [-0.05, 0) is 19.4 Å². The number of aromatic nitrogens is 2. The Kier molecular flexibility index (Phi) is 2.74. The number of benzene rings is 1. The standard InChI is InChI=1S/C14H16N4O2/c1-14(13(15)20)6-7-18(8-14)12(19)11-9-4-2-3-5-10(9)16-17-11/h2-5H,6-8H2,1H3,(H2,15,20)(H,16,17). The van der Waals surface area contributed by atoms with Crippen molar-refractivity contribution in [2.75, 3.05) is 13.1 Å². The highest BCUT2D eigenvalue weighted by atomic mass is 16.2. The van der Waals surface area contributed by atoms with Crippen LogP contribution in [0, 0.1) is 5.41 Å². The Bertz CT molecular complexity index is 693. The number of carbonyl (C=O) groups excluding carboxylic acids is 2. The fourth-order valence-corrected chi connectivity index (χ4v) is 2.61. The number of para-hydroxylation sites is 1. The van der Waals surface area contributed by atoms with Gasteiger partial charge in [-0.25, -0.2) is 0 Å². The molecule has 1 aliphatic rings. The maximum Gasteiger partial charge on any atom is 0.275 e. The smallest absolute Gasteiger partial charge is 0.275 e. The normalized spacial score (nSPS) is 22.4. The van der Waals surface area contributed by atoms with Crippen LogP contribution in [0.4, 0.5) is 0 Å². The van der Waals surface area contributed by atoms with E-state index in [0.29, 0.717) is 25.2 Å². The van der Waals surface area contributed by atoms with Crippen LogP contribution in [0.1, 0.15) is 23.8 Å². The maximum atomic E-state index is 12.5. The summed E-state index contributed by atoms with van der Waals surface area (Å²) in [6.07, 6.45) is 0.594. The zero-order chi connectivity index (χ0) is 14.3. The average Bonchev–Trinajstić information content (AvgIpc) is 3.03. The predicted octanol–water partition coefficient (Wildman–Crippen LogP) is 0.900. The van der Waals surface area contributed by atoms with E-state index < -0.39 is 5.41 Å². The van der Waals surface area contributed by atoms with Gasteiger partial charge < -0.3 is 10.6 Å². The Morgan fingerprint density at radius 3 is 2.85 bits per heavy atom. The van der Waals surface area contributed by atoms with E-state index in [1.165, 1.54) is 0 Å². The van der Waals surface area contributed by atoms with Crippen molar-refractivity contribution in [3.63, 3.8) is 0 Å². The number of rotatable bonds is 2. The molecular weight excluding hydrogens is 256 g/mol. The molecule has 3 N–H and O–H groups in total. The van der Waals surface area contributed by atoms with Crippen molar-refractivity contribution < 1.29 is 9.59 Å². The summed E-state index contributed by atoms with van der Waals surface area (Å²) in [5.41, 5.74) is 5.99. The number of hydrogen-bond donors (Lipinski definition) is 2. The highest BCUT2D eigenvalue weighted by Crippen LogP contribution is 2.30. The average molecular weight is 272 g/mol. The van der Waals surface area contributed by atoms with Crippen molar-refractivity contribution in [3.05, 3.63) is 30.0 Å². The Hall–Kier alpha value is -2.37. The Labute approximate surface area is 115 Å². The first-order chi connectivity index (χ1) is 9.51. The summed E-state index contributed by atoms with van der Waals surface area (Å²) in [4.78, 5) is 25.6. The fourth-order valence-electron chi connectivity index (χ4n) is 2.61. The molecule has 0 bridgehead atoms. The highest BCUT2D eigenvalue weighted by molar-refractivity contribution is 6.05. The monoisotopic (exact) mass is 272 g/mol. The van der Waals surface area contributed by atoms with Crippen LogP contribution in [0.2, 0.25) is 0 Å². The minimum atomic E-state index is -0.637. The number of nitrogens with one attached hydrogen (secondary N) is 1. The van der Waals surface area contributed by atoms with Gasteiger partial charge in [-0.2, -0.15) is 5.10 Å². The number of nitrogens with two attached hydrogens (primary N) is 1. The lowest BCUT2D eigenvalue weighted by atomic mass is 9.89. The van der Waals surface area contributed by atoms with Crippen molar-refractivity contribution in [2.24, 2.45) is 11.1 Å². The first-order valence-corrected chi connectivity index (χ1v) is 6.53. The molecule has 1 fully saturated rings. The quantitative estimate of drug-likeness (QED) is 0.850. The summed E-state index contributed by atoms with van der Waals surface area (Å²) in [7, 11) is 0. The summed E-state index contributed by atoms with van der Waals surface area (Å²) in [6, 6.07) is 7.48. The van der Waals surface area contributed by atoms with Crippen LogP contribution in [0.15, 0.2) is 24.3 Å². The van der Waals surface area contributed by atoms with Crippen molar-refractivity contribution in [1.82, 2.24) is 15.1 Å². The van der Waals surface area contributed by atoms with Crippen molar-refractivity contribution in [3.8, 4) is 0 Å². The first kappa shape index (κ1) is 12.7. The van der Waals surface area contributed by atoms with Crippen LogP contribution in [-0.4, -0.2) is 40.0 Å². The minimum absolute atomic E-state index is 0.160. The third-order valence-electron chi connectivity index (χ3n) is 4.03. The molecule has 1 saturated heterocycles. The van der Waals surface area contributed by atoms with E-state index in [4.69, 9.17) is 5.73 Å². The number of carbonyl (C=O) groups is 2. The third kappa shape index (κ3) is 1.84. The van der Waals surface area contributed by atoms with Crippen LogP contribution in [0.5, 0.6) is 0 Å². The van der Waals surface area contributed by atoms with Crippen LogP contribution in [0.25, 0.3) is 10.9 Å². The predicted molar refractivity (Wildman–Crippen MR) is 73.9 cm³/mol. The number of hydrogen-bond acceptors (Lipinski definition) is 3. The molecule has 1 unspecified atom stereocenters. The molecule has 6 heteroatoms. The summed E-state index contributed by atoms with van der Waals surface area (Å²) < 4.78 is 0. The number of primary amides is 1. The van der Waals surface area contributed by atoms with E-state index in [2.05, 4.69) is 10.2 Å². The second-order valence-electron chi connectivity index (χ2n) is 5.52. The van der Waals surface area contributed by atoms with Gasteiger partial charge in [0.15, 0.2) is 5.69 Å². The van der Waals surface area contributed by atoms with Gasteiger partial charge in [0.05, 0.1) is 10.9 Å². The Morgan fingerprint density at radius 2 is 2.15 bits per heavy atom. The maximum absolute atomic E-state index is 12.5. The van der Waals surface area contributed by atoms with E-state index in [1.54, 1.807) is 11.8 Å². The van der Waals surface area contributed by atoms with E-state index >= 15 is 0 Å². The second-order valence-corrected chi connectivity index (χ2v) is 5.52. The van der Waals surface area contributed by atoms with Gasteiger partial charge in [0, 0.05) is 18.5 Å². The lowest BCUT2D eigenvalue weighted by molar-refractivity contribution is -0.126. The van der Waals surface area contributed by atoms with E-state index in [1.807, 2.05) is 24.3 Å². The van der Waals surface area contributed by atoms with Crippen LogP contribution < -0.4 is 5.73 Å². The molecule has 6 nitrogen and oxygen atoms in total. The first-order valence-electron chi connectivity index (χ1n) is 6.53. The fraction of sp³-hybridized carbons (Fsp3) is 0.357. The molecule has 1 atom stereocenters. The minimum Gasteiger partial charge on any atom is -0.369 e. The van der Waals surface area contributed by atoms with Gasteiger partial charge in [-0.15, -0.1) is 0 Å². The number of likely N-dealkylation sites (tertiary alicyclic amines) is 1. The van der Waals surface area contributed by atoms with Gasteiger partial charge in [0.1, 0.15) is 0 Å². The summed E-state index contributed by atoms with van der Waals surface area (Å²) in [5, 5.41) is 7.74. The zero-order valence-electron chi connectivity index (χ0n) is 11.2. The van der Waals surface area contributed by atoms with E-state index in [0.717, 1.165) is 10.9 Å². The summed E-state index contributed by atoms with van der Waals surface area (Å²) >= 11 is 0. The third-order valence-corrected chi connectivity index (χ3v) is 4.03. The molecule has 20 heavy (non-hydrogen) atoms. The van der Waals surface area contributed by atoms with Crippen molar-refractivity contribution in [1.29, 1.82) is 0 Å². The van der Waals surface area contributed by atoms with Gasteiger partial charge in [-0.1, -0.05) is 18.2 Å². The van der Waals surface area contributed by atoms with E-state index in [9.17, 15) is 9.59 Å². The molecule has 1 aromatic heterocycles. The molecule has 0 saturated carbocycles. The number of amides is 2. The lowest BCUT2D eigenvalue weighted by Crippen LogP contribution is -2.38. The SMILES string of the molecule is CC1(C(N)=O)CCN(C(=O)c2n[nH]c3ccccc23)C1. The molecule has 1 aromatic carbocycles. The topological polar surface area (TPSA) is 92.1 Å². The van der Waals surface area contributed by atoms with E-state index in [-0.39, 0.29) is 11.8 Å². The van der Waals surface area contributed by atoms with Crippen molar-refractivity contribution >= 4 is 22.7 Å². The molecule has 0 aliphatic carbocycles. The van der Waals surface area contributed by atoms with Crippen LogP contribution in [0.3, 0.4) is 0 Å². The van der Waals surface area contributed by atoms with Gasteiger partial charge in [0.25, 0.3) is 5.91 Å². The molecule has 2 amide bonds. The Morgan fingerprint density at radius 1 is 1.40 bits per heavy atom.